The molecule has 0 radical (unpaired) electrons. The van der Waals surface area contributed by atoms with Gasteiger partial charge in [0.2, 0.25) is 5.56 Å². The Morgan fingerprint density at radius 3 is 2.56 bits per heavy atom. The fourth-order valence-electron chi connectivity index (χ4n) is 2.90. The molecule has 0 aliphatic carbocycles. The average Bonchev–Trinajstić information content (AvgIpc) is 2.67. The second-order valence-electron chi connectivity index (χ2n) is 5.84. The fourth-order valence-corrected chi connectivity index (χ4v) is 2.90. The Labute approximate surface area is 145 Å². The molecule has 4 aromatic rings. The molecule has 0 aliphatic heterocycles. The van der Waals surface area contributed by atoms with E-state index in [1.165, 1.54) is 0 Å². The maximum Gasteiger partial charge on any atom is 0.248 e. The predicted octanol–water partition coefficient (Wildman–Crippen LogP) is 4.51. The summed E-state index contributed by atoms with van der Waals surface area (Å²) >= 11 is 0. The van der Waals surface area contributed by atoms with Crippen LogP contribution in [0.3, 0.4) is 0 Å². The SMILES string of the molecule is O=c1ccc2cc(C(=Cc3cccnc3)c3ccccc3)ccc2[nH]1. The second kappa shape index (κ2) is 6.57. The van der Waals surface area contributed by atoms with Gasteiger partial charge in [-0.25, -0.2) is 0 Å². The molecule has 1 N–H and O–H groups in total. The molecular formula is C22H16N2O. The van der Waals surface area contributed by atoms with Gasteiger partial charge in [0.15, 0.2) is 0 Å². The molecular weight excluding hydrogens is 308 g/mol. The predicted molar refractivity (Wildman–Crippen MR) is 102 cm³/mol. The van der Waals surface area contributed by atoms with E-state index in [1.807, 2.05) is 54.7 Å². The number of rotatable bonds is 3. The standard InChI is InChI=1S/C22H16N2O/c25-22-11-9-19-14-18(8-10-21(19)24-22)20(17-6-2-1-3-7-17)13-16-5-4-12-23-15-16/h1-15H,(H,24,25). The van der Waals surface area contributed by atoms with Crippen molar-refractivity contribution < 1.29 is 0 Å². The number of pyridine rings is 2. The second-order valence-corrected chi connectivity index (χ2v) is 5.84. The highest BCUT2D eigenvalue weighted by atomic mass is 16.1. The molecule has 2 aromatic heterocycles. The third-order valence-electron chi connectivity index (χ3n) is 4.11. The van der Waals surface area contributed by atoms with Crippen LogP contribution in [0.4, 0.5) is 0 Å². The molecule has 0 saturated heterocycles. The molecule has 0 atom stereocenters. The van der Waals surface area contributed by atoms with Crippen LogP contribution in [-0.4, -0.2) is 9.97 Å². The quantitative estimate of drug-likeness (QED) is 0.602. The molecule has 0 aliphatic rings. The lowest BCUT2D eigenvalue weighted by Gasteiger charge is -2.10. The number of hydrogen-bond donors (Lipinski definition) is 1. The normalized spacial score (nSPS) is 11.6. The number of aromatic amines is 1. The smallest absolute Gasteiger partial charge is 0.248 e. The molecule has 2 aromatic carbocycles. The maximum atomic E-state index is 11.5. The Balaban J connectivity index is 1.90. The van der Waals surface area contributed by atoms with Crippen LogP contribution in [0.1, 0.15) is 16.7 Å². The van der Waals surface area contributed by atoms with Gasteiger partial charge in [-0.3, -0.25) is 9.78 Å². The topological polar surface area (TPSA) is 45.8 Å². The Morgan fingerprint density at radius 1 is 0.880 bits per heavy atom. The number of nitrogens with one attached hydrogen (secondary N) is 1. The molecule has 0 amide bonds. The lowest BCUT2D eigenvalue weighted by Crippen LogP contribution is -2.02. The molecule has 120 valence electrons. The summed E-state index contributed by atoms with van der Waals surface area (Å²) in [6.45, 7) is 0. The lowest BCUT2D eigenvalue weighted by atomic mass is 9.95. The Kier molecular flexibility index (Phi) is 3.97. The number of benzene rings is 2. The molecule has 0 unspecified atom stereocenters. The van der Waals surface area contributed by atoms with E-state index in [0.717, 1.165) is 33.2 Å². The summed E-state index contributed by atoms with van der Waals surface area (Å²) in [5, 5.41) is 1.00. The number of hydrogen-bond acceptors (Lipinski definition) is 2. The van der Waals surface area contributed by atoms with Crippen molar-refractivity contribution in [1.82, 2.24) is 9.97 Å². The highest BCUT2D eigenvalue weighted by Crippen LogP contribution is 2.27. The Hall–Kier alpha value is -3.46. The van der Waals surface area contributed by atoms with Gasteiger partial charge < -0.3 is 4.98 Å². The number of nitrogens with zero attached hydrogens (tertiary/aromatic N) is 1. The summed E-state index contributed by atoms with van der Waals surface area (Å²) in [5.74, 6) is 0. The van der Waals surface area contributed by atoms with Crippen molar-refractivity contribution in [2.24, 2.45) is 0 Å². The summed E-state index contributed by atoms with van der Waals surface area (Å²) in [6, 6.07) is 23.7. The highest BCUT2D eigenvalue weighted by Gasteiger charge is 2.07. The van der Waals surface area contributed by atoms with Gasteiger partial charge in [-0.15, -0.1) is 0 Å². The molecule has 0 spiro atoms. The minimum atomic E-state index is -0.0885. The highest BCUT2D eigenvalue weighted by molar-refractivity contribution is 5.94. The average molecular weight is 324 g/mol. The van der Waals surface area contributed by atoms with E-state index in [0.29, 0.717) is 0 Å². The Bertz CT molecular complexity index is 1100. The van der Waals surface area contributed by atoms with E-state index < -0.39 is 0 Å². The van der Waals surface area contributed by atoms with Crippen LogP contribution in [0.15, 0.2) is 90.0 Å². The van der Waals surface area contributed by atoms with Gasteiger partial charge in [0, 0.05) is 24.0 Å². The summed E-state index contributed by atoms with van der Waals surface area (Å²) < 4.78 is 0. The van der Waals surface area contributed by atoms with E-state index in [1.54, 1.807) is 12.3 Å². The van der Waals surface area contributed by atoms with Crippen molar-refractivity contribution in [1.29, 1.82) is 0 Å². The monoisotopic (exact) mass is 324 g/mol. The third kappa shape index (κ3) is 3.26. The number of aromatic nitrogens is 2. The van der Waals surface area contributed by atoms with E-state index in [-0.39, 0.29) is 5.56 Å². The summed E-state index contributed by atoms with van der Waals surface area (Å²) in [5.41, 5.74) is 5.13. The number of fused-ring (bicyclic) bond motifs is 1. The van der Waals surface area contributed by atoms with Crippen LogP contribution < -0.4 is 5.56 Å². The van der Waals surface area contributed by atoms with Crippen LogP contribution in [0.2, 0.25) is 0 Å². The minimum absolute atomic E-state index is 0.0885. The first-order valence-corrected chi connectivity index (χ1v) is 8.10. The summed E-state index contributed by atoms with van der Waals surface area (Å²) in [4.78, 5) is 18.6. The molecule has 3 nitrogen and oxygen atoms in total. The minimum Gasteiger partial charge on any atom is -0.322 e. The molecule has 0 saturated carbocycles. The molecule has 0 fully saturated rings. The van der Waals surface area contributed by atoms with Crippen LogP contribution in [0, 0.1) is 0 Å². The van der Waals surface area contributed by atoms with E-state index in [4.69, 9.17) is 0 Å². The van der Waals surface area contributed by atoms with Crippen LogP contribution in [0.25, 0.3) is 22.6 Å². The first-order chi connectivity index (χ1) is 12.3. The van der Waals surface area contributed by atoms with Crippen molar-refractivity contribution in [3.05, 3.63) is 112 Å². The van der Waals surface area contributed by atoms with E-state index in [2.05, 4.69) is 34.2 Å². The zero-order chi connectivity index (χ0) is 17.1. The largest absolute Gasteiger partial charge is 0.322 e. The first-order valence-electron chi connectivity index (χ1n) is 8.10. The van der Waals surface area contributed by atoms with Gasteiger partial charge in [-0.05, 0) is 58.0 Å². The van der Waals surface area contributed by atoms with E-state index >= 15 is 0 Å². The maximum absolute atomic E-state index is 11.5. The molecule has 3 heteroatoms. The summed E-state index contributed by atoms with van der Waals surface area (Å²) in [7, 11) is 0. The van der Waals surface area contributed by atoms with Gasteiger partial charge in [-0.1, -0.05) is 42.5 Å². The van der Waals surface area contributed by atoms with Gasteiger partial charge in [0.05, 0.1) is 0 Å². The zero-order valence-corrected chi connectivity index (χ0v) is 13.5. The van der Waals surface area contributed by atoms with Gasteiger partial charge in [0.25, 0.3) is 0 Å². The first kappa shape index (κ1) is 15.1. The van der Waals surface area contributed by atoms with Crippen molar-refractivity contribution in [3.8, 4) is 0 Å². The van der Waals surface area contributed by atoms with Crippen molar-refractivity contribution >= 4 is 22.6 Å². The fraction of sp³-hybridized carbons (Fsp3) is 0. The van der Waals surface area contributed by atoms with Gasteiger partial charge in [0.1, 0.15) is 0 Å². The van der Waals surface area contributed by atoms with E-state index in [9.17, 15) is 4.79 Å². The molecule has 25 heavy (non-hydrogen) atoms. The van der Waals surface area contributed by atoms with Crippen LogP contribution in [-0.2, 0) is 0 Å². The van der Waals surface area contributed by atoms with Crippen molar-refractivity contribution in [3.63, 3.8) is 0 Å². The third-order valence-corrected chi connectivity index (χ3v) is 4.11. The molecule has 0 bridgehead atoms. The zero-order valence-electron chi connectivity index (χ0n) is 13.5. The Morgan fingerprint density at radius 2 is 1.76 bits per heavy atom. The van der Waals surface area contributed by atoms with Crippen LogP contribution in [0.5, 0.6) is 0 Å². The van der Waals surface area contributed by atoms with Crippen LogP contribution >= 0.6 is 0 Å². The molecule has 2 heterocycles. The van der Waals surface area contributed by atoms with Gasteiger partial charge in [-0.2, -0.15) is 0 Å². The number of H-pyrrole nitrogens is 1. The van der Waals surface area contributed by atoms with Gasteiger partial charge >= 0.3 is 0 Å². The van der Waals surface area contributed by atoms with Crippen molar-refractivity contribution in [2.45, 2.75) is 0 Å². The summed E-state index contributed by atoms with van der Waals surface area (Å²) in [6.07, 6.45) is 5.75. The molecule has 4 rings (SSSR count). The van der Waals surface area contributed by atoms with Crippen molar-refractivity contribution in [2.75, 3.05) is 0 Å². The lowest BCUT2D eigenvalue weighted by molar-refractivity contribution is 1.30.